The predicted molar refractivity (Wildman–Crippen MR) is 143 cm³/mol. The molecule has 0 fully saturated rings. The van der Waals surface area contributed by atoms with E-state index in [4.69, 9.17) is 0 Å². The highest BCUT2D eigenvalue weighted by Crippen LogP contribution is 2.41. The number of carbonyl (C=O) groups is 1. The Balaban J connectivity index is 1.54. The van der Waals surface area contributed by atoms with Crippen LogP contribution in [0.4, 0.5) is 17.1 Å². The molecule has 1 aromatic heterocycles. The minimum atomic E-state index is -1.09. The number of aromatic amines is 1. The number of azo groups is 1. The Morgan fingerprint density at radius 1 is 1.08 bits per heavy atom. The van der Waals surface area contributed by atoms with Gasteiger partial charge in [0.25, 0.3) is 5.56 Å². The first-order valence-electron chi connectivity index (χ1n) is 12.3. The van der Waals surface area contributed by atoms with Crippen LogP contribution in [0.2, 0.25) is 0 Å². The van der Waals surface area contributed by atoms with E-state index in [-0.39, 0.29) is 41.4 Å². The molecule has 5 rings (SSSR count). The first-order valence-corrected chi connectivity index (χ1v) is 12.3. The molecule has 5 N–H and O–H groups in total. The molecule has 10 nitrogen and oxygen atoms in total. The number of hydrogen-bond donors (Lipinski definition) is 5. The van der Waals surface area contributed by atoms with E-state index in [0.29, 0.717) is 22.5 Å². The molecular formula is C28H27N5O5. The molecule has 0 atom stereocenters. The van der Waals surface area contributed by atoms with Crippen LogP contribution in [0.1, 0.15) is 33.6 Å². The number of aromatic carboxylic acids is 1. The molecule has 1 aliphatic rings. The van der Waals surface area contributed by atoms with Crippen molar-refractivity contribution in [3.8, 4) is 22.6 Å². The van der Waals surface area contributed by atoms with E-state index in [1.807, 2.05) is 18.2 Å². The van der Waals surface area contributed by atoms with Crippen molar-refractivity contribution < 1.29 is 20.1 Å². The van der Waals surface area contributed by atoms with E-state index in [2.05, 4.69) is 20.6 Å². The number of carboxylic acids is 1. The number of nitrogens with zero attached hydrogens (tertiary/aromatic N) is 3. The number of aryl methyl sites for hydroxylation is 3. The standard InChI is InChI=1S/C28H27N5O5/c1-16-25(27(36)33(32-16)22-9-8-17-4-2-5-18(17)13-22)31-30-24-15-21(29-10-11-34)14-23(26(24)35)19-6-3-7-20(12-19)28(37)38/h3,6-9,12-15,29,32,34-35H,2,4-5,10-11H2,1H3,(H,37,38). The van der Waals surface area contributed by atoms with Crippen LogP contribution in [-0.4, -0.2) is 44.2 Å². The summed E-state index contributed by atoms with van der Waals surface area (Å²) in [6.07, 6.45) is 3.14. The predicted octanol–water partition coefficient (Wildman–Crippen LogP) is 4.85. The first-order chi connectivity index (χ1) is 18.4. The van der Waals surface area contributed by atoms with Crippen molar-refractivity contribution >= 4 is 23.0 Å². The Labute approximate surface area is 217 Å². The van der Waals surface area contributed by atoms with Gasteiger partial charge in [0.05, 0.1) is 23.6 Å². The highest BCUT2D eigenvalue weighted by atomic mass is 16.4. The van der Waals surface area contributed by atoms with Gasteiger partial charge in [0, 0.05) is 17.8 Å². The molecule has 194 valence electrons. The Bertz CT molecular complexity index is 1620. The third kappa shape index (κ3) is 4.81. The number of hydrogen-bond acceptors (Lipinski definition) is 7. The maximum absolute atomic E-state index is 13.2. The summed E-state index contributed by atoms with van der Waals surface area (Å²) in [5.41, 5.74) is 4.97. The molecule has 0 radical (unpaired) electrons. The second-order valence-electron chi connectivity index (χ2n) is 9.16. The average Bonchev–Trinajstić information content (AvgIpc) is 3.50. The maximum atomic E-state index is 13.2. The zero-order chi connectivity index (χ0) is 26.8. The van der Waals surface area contributed by atoms with Crippen molar-refractivity contribution in [2.75, 3.05) is 18.5 Å². The lowest BCUT2D eigenvalue weighted by molar-refractivity contribution is 0.0697. The molecule has 0 saturated heterocycles. The van der Waals surface area contributed by atoms with Crippen molar-refractivity contribution in [2.45, 2.75) is 26.2 Å². The summed E-state index contributed by atoms with van der Waals surface area (Å²) in [4.78, 5) is 24.7. The van der Waals surface area contributed by atoms with Crippen molar-refractivity contribution in [2.24, 2.45) is 10.2 Å². The number of phenols is 1. The Kier molecular flexibility index (Phi) is 6.80. The monoisotopic (exact) mass is 513 g/mol. The van der Waals surface area contributed by atoms with Crippen LogP contribution in [-0.2, 0) is 12.8 Å². The summed E-state index contributed by atoms with van der Waals surface area (Å²) in [6.45, 7) is 1.85. The molecule has 1 aliphatic carbocycles. The zero-order valence-corrected chi connectivity index (χ0v) is 20.7. The van der Waals surface area contributed by atoms with E-state index < -0.39 is 5.97 Å². The van der Waals surface area contributed by atoms with Gasteiger partial charge < -0.3 is 20.6 Å². The quantitative estimate of drug-likeness (QED) is 0.168. The van der Waals surface area contributed by atoms with Crippen LogP contribution >= 0.6 is 0 Å². The number of aliphatic hydroxyl groups excluding tert-OH is 1. The van der Waals surface area contributed by atoms with Crippen LogP contribution in [0.5, 0.6) is 5.75 Å². The molecule has 0 saturated carbocycles. The second-order valence-corrected chi connectivity index (χ2v) is 9.16. The molecule has 4 aromatic rings. The third-order valence-corrected chi connectivity index (χ3v) is 6.59. The summed E-state index contributed by atoms with van der Waals surface area (Å²) >= 11 is 0. The summed E-state index contributed by atoms with van der Waals surface area (Å²) in [5.74, 6) is -1.32. The summed E-state index contributed by atoms with van der Waals surface area (Å²) in [6, 6.07) is 15.3. The van der Waals surface area contributed by atoms with Crippen LogP contribution in [0.3, 0.4) is 0 Å². The van der Waals surface area contributed by atoms with Gasteiger partial charge in [0.15, 0.2) is 11.4 Å². The van der Waals surface area contributed by atoms with E-state index in [0.717, 1.165) is 24.9 Å². The van der Waals surface area contributed by atoms with Gasteiger partial charge >= 0.3 is 5.97 Å². The van der Waals surface area contributed by atoms with Crippen LogP contribution in [0.25, 0.3) is 16.8 Å². The van der Waals surface area contributed by atoms with Crippen molar-refractivity contribution in [3.05, 3.63) is 87.3 Å². The molecular weight excluding hydrogens is 486 g/mol. The molecule has 0 bridgehead atoms. The topological polar surface area (TPSA) is 152 Å². The van der Waals surface area contributed by atoms with E-state index in [9.17, 15) is 24.9 Å². The third-order valence-electron chi connectivity index (χ3n) is 6.59. The lowest BCUT2D eigenvalue weighted by atomic mass is 10.0. The highest BCUT2D eigenvalue weighted by molar-refractivity contribution is 5.90. The molecule has 1 heterocycles. The van der Waals surface area contributed by atoms with Gasteiger partial charge in [-0.1, -0.05) is 18.2 Å². The Morgan fingerprint density at radius 2 is 1.89 bits per heavy atom. The molecule has 0 unspecified atom stereocenters. The first kappa shape index (κ1) is 25.0. The van der Waals surface area contributed by atoms with Crippen molar-refractivity contribution in [1.82, 2.24) is 9.78 Å². The molecule has 0 aliphatic heterocycles. The lowest BCUT2D eigenvalue weighted by Crippen LogP contribution is -2.14. The molecule has 3 aromatic carbocycles. The molecule has 10 heteroatoms. The number of fused-ring (bicyclic) bond motifs is 1. The zero-order valence-electron chi connectivity index (χ0n) is 20.7. The fourth-order valence-corrected chi connectivity index (χ4v) is 4.68. The summed E-state index contributed by atoms with van der Waals surface area (Å²) in [5, 5.41) is 44.1. The smallest absolute Gasteiger partial charge is 0.335 e. The molecule has 0 spiro atoms. The number of carboxylic acid groups (broad SMARTS) is 1. The maximum Gasteiger partial charge on any atom is 0.335 e. The summed E-state index contributed by atoms with van der Waals surface area (Å²) < 4.78 is 1.43. The van der Waals surface area contributed by atoms with Crippen molar-refractivity contribution in [3.63, 3.8) is 0 Å². The Hall–Kier alpha value is -4.70. The minimum Gasteiger partial charge on any atom is -0.505 e. The van der Waals surface area contributed by atoms with Gasteiger partial charge in [0.1, 0.15) is 5.69 Å². The lowest BCUT2D eigenvalue weighted by Gasteiger charge is -2.12. The highest BCUT2D eigenvalue weighted by Gasteiger charge is 2.17. The number of aromatic hydroxyl groups is 1. The van der Waals surface area contributed by atoms with E-state index >= 15 is 0 Å². The van der Waals surface area contributed by atoms with Gasteiger partial charge in [0.2, 0.25) is 0 Å². The SMILES string of the molecule is Cc1[nH]n(-c2ccc3c(c2)CCC3)c(=O)c1N=Nc1cc(NCCO)cc(-c2cccc(C(=O)O)c2)c1O. The van der Waals surface area contributed by atoms with Gasteiger partial charge in [-0.05, 0) is 79.3 Å². The fourth-order valence-electron chi connectivity index (χ4n) is 4.68. The fraction of sp³-hybridized carbons (Fsp3) is 0.214. The number of phenolic OH excluding ortho intramolecular Hbond substituents is 1. The number of aromatic nitrogens is 2. The number of anilines is 1. The molecule has 38 heavy (non-hydrogen) atoms. The Morgan fingerprint density at radius 3 is 2.68 bits per heavy atom. The second kappa shape index (κ2) is 10.3. The van der Waals surface area contributed by atoms with Gasteiger partial charge in [-0.3, -0.25) is 9.89 Å². The number of nitrogens with one attached hydrogen (secondary N) is 2. The molecule has 0 amide bonds. The van der Waals surface area contributed by atoms with E-state index in [1.54, 1.807) is 31.2 Å². The average molecular weight is 514 g/mol. The van der Waals surface area contributed by atoms with E-state index in [1.165, 1.54) is 27.9 Å². The largest absolute Gasteiger partial charge is 0.505 e. The van der Waals surface area contributed by atoms with Crippen LogP contribution < -0.4 is 10.9 Å². The normalized spacial score (nSPS) is 12.7. The number of benzene rings is 3. The van der Waals surface area contributed by atoms with Crippen LogP contribution in [0, 0.1) is 6.92 Å². The van der Waals surface area contributed by atoms with Gasteiger partial charge in [-0.25, -0.2) is 9.48 Å². The van der Waals surface area contributed by atoms with Crippen molar-refractivity contribution in [1.29, 1.82) is 0 Å². The van der Waals surface area contributed by atoms with Gasteiger partial charge in [-0.15, -0.1) is 10.2 Å². The van der Waals surface area contributed by atoms with Crippen LogP contribution in [0.15, 0.2) is 69.6 Å². The number of rotatable bonds is 8. The number of aliphatic hydroxyl groups is 1. The van der Waals surface area contributed by atoms with Gasteiger partial charge in [-0.2, -0.15) is 0 Å². The summed E-state index contributed by atoms with van der Waals surface area (Å²) in [7, 11) is 0. The minimum absolute atomic E-state index is 0.0638. The number of H-pyrrole nitrogens is 1.